The van der Waals surface area contributed by atoms with Gasteiger partial charge >= 0.3 is 11.7 Å². The Labute approximate surface area is 92.6 Å². The molecule has 6 nitrogen and oxygen atoms in total. The zero-order chi connectivity index (χ0) is 11.5. The van der Waals surface area contributed by atoms with E-state index in [0.717, 1.165) is 25.7 Å². The van der Waals surface area contributed by atoms with E-state index in [9.17, 15) is 9.59 Å². The minimum absolute atomic E-state index is 0.0103. The Morgan fingerprint density at radius 2 is 2.19 bits per heavy atom. The van der Waals surface area contributed by atoms with Crippen LogP contribution in [0, 0.1) is 5.92 Å². The molecular weight excluding hydrogens is 210 g/mol. The van der Waals surface area contributed by atoms with Crippen LogP contribution >= 0.6 is 0 Å². The third-order valence-corrected chi connectivity index (χ3v) is 3.20. The molecule has 0 atom stereocenters. The van der Waals surface area contributed by atoms with Crippen molar-refractivity contribution in [1.82, 2.24) is 14.8 Å². The molecule has 1 aromatic rings. The zero-order valence-corrected chi connectivity index (χ0v) is 9.18. The molecule has 1 heterocycles. The third-order valence-electron chi connectivity index (χ3n) is 3.20. The fraction of sp³-hybridized carbons (Fsp3) is 0.700. The van der Waals surface area contributed by atoms with Gasteiger partial charge in [-0.15, -0.1) is 0 Å². The summed E-state index contributed by atoms with van der Waals surface area (Å²) in [5.41, 5.74) is -0.179. The van der Waals surface area contributed by atoms with Crippen LogP contribution in [0.5, 0.6) is 0 Å². The van der Waals surface area contributed by atoms with Crippen LogP contribution in [0.1, 0.15) is 31.7 Å². The molecule has 0 aliphatic heterocycles. The topological polar surface area (TPSA) is 77.0 Å². The van der Waals surface area contributed by atoms with Gasteiger partial charge < -0.3 is 4.74 Å². The van der Waals surface area contributed by atoms with Crippen molar-refractivity contribution in [2.24, 2.45) is 5.92 Å². The Bertz CT molecular complexity index is 415. The molecule has 88 valence electrons. The monoisotopic (exact) mass is 225 g/mol. The molecule has 0 spiro atoms. The molecule has 0 saturated heterocycles. The number of nitrogens with one attached hydrogen (secondary N) is 1. The van der Waals surface area contributed by atoms with Gasteiger partial charge in [0.05, 0.1) is 13.0 Å². The molecule has 1 aromatic heterocycles. The van der Waals surface area contributed by atoms with Crippen LogP contribution in [0.4, 0.5) is 0 Å². The molecule has 1 aliphatic carbocycles. The summed E-state index contributed by atoms with van der Waals surface area (Å²) < 4.78 is 6.32. The van der Waals surface area contributed by atoms with Crippen molar-refractivity contribution in [1.29, 1.82) is 0 Å². The van der Waals surface area contributed by atoms with E-state index >= 15 is 0 Å². The number of ether oxygens (including phenoxy) is 1. The number of carbonyl (C=O) groups is 1. The normalized spacial score (nSPS) is 25.3. The molecule has 1 N–H and O–H groups in total. The molecule has 16 heavy (non-hydrogen) atoms. The van der Waals surface area contributed by atoms with E-state index in [-0.39, 0.29) is 23.6 Å². The maximum absolute atomic E-state index is 11.3. The zero-order valence-electron chi connectivity index (χ0n) is 9.18. The van der Waals surface area contributed by atoms with Crippen LogP contribution < -0.4 is 5.69 Å². The highest BCUT2D eigenvalue weighted by atomic mass is 16.5. The number of hydrogen-bond acceptors (Lipinski definition) is 4. The lowest BCUT2D eigenvalue weighted by molar-refractivity contribution is -0.146. The summed E-state index contributed by atoms with van der Waals surface area (Å²) in [5, 5.41) is 6.08. The van der Waals surface area contributed by atoms with E-state index < -0.39 is 0 Å². The van der Waals surface area contributed by atoms with Gasteiger partial charge in [-0.1, -0.05) is 0 Å². The standard InChI is InChI=1S/C10H15N3O3/c1-16-9(14)7-2-4-8(5-3-7)13-6-11-12-10(13)15/h6-8H,2-5H2,1H3,(H,12,15)/t7-,8-. The number of methoxy groups -OCH3 is 1. The molecule has 1 aliphatic rings. The molecule has 0 radical (unpaired) electrons. The molecule has 0 bridgehead atoms. The largest absolute Gasteiger partial charge is 0.469 e. The SMILES string of the molecule is COC(=O)[C@H]1CC[C@H](n2cn[nH]c2=O)CC1. The van der Waals surface area contributed by atoms with Gasteiger partial charge in [0.15, 0.2) is 0 Å². The first-order chi connectivity index (χ1) is 7.72. The summed E-state index contributed by atoms with van der Waals surface area (Å²) >= 11 is 0. The second kappa shape index (κ2) is 4.51. The molecule has 1 saturated carbocycles. The Kier molecular flexibility index (Phi) is 3.07. The lowest BCUT2D eigenvalue weighted by atomic mass is 9.86. The van der Waals surface area contributed by atoms with Gasteiger partial charge in [0, 0.05) is 6.04 Å². The third kappa shape index (κ3) is 2.00. The van der Waals surface area contributed by atoms with Crippen LogP contribution in [0.3, 0.4) is 0 Å². The number of aromatic amines is 1. The summed E-state index contributed by atoms with van der Waals surface area (Å²) in [6, 6.07) is 0.159. The number of H-pyrrole nitrogens is 1. The Morgan fingerprint density at radius 3 is 2.69 bits per heavy atom. The first-order valence-electron chi connectivity index (χ1n) is 5.41. The van der Waals surface area contributed by atoms with Crippen molar-refractivity contribution >= 4 is 5.97 Å². The highest BCUT2D eigenvalue weighted by molar-refractivity contribution is 5.72. The van der Waals surface area contributed by atoms with Gasteiger partial charge in [-0.3, -0.25) is 9.36 Å². The van der Waals surface area contributed by atoms with Gasteiger partial charge in [0.25, 0.3) is 0 Å². The van der Waals surface area contributed by atoms with Gasteiger partial charge in [0.1, 0.15) is 6.33 Å². The summed E-state index contributed by atoms with van der Waals surface area (Å²) in [4.78, 5) is 22.7. The fourth-order valence-electron chi connectivity index (χ4n) is 2.27. The van der Waals surface area contributed by atoms with Crippen molar-refractivity contribution in [3.8, 4) is 0 Å². The molecule has 1 fully saturated rings. The van der Waals surface area contributed by atoms with Crippen molar-refractivity contribution in [3.63, 3.8) is 0 Å². The van der Waals surface area contributed by atoms with Crippen molar-refractivity contribution < 1.29 is 9.53 Å². The molecule has 6 heteroatoms. The number of esters is 1. The van der Waals surface area contributed by atoms with E-state index in [4.69, 9.17) is 4.74 Å². The average Bonchev–Trinajstić information content (AvgIpc) is 2.75. The number of aromatic nitrogens is 3. The first kappa shape index (κ1) is 10.9. The maximum atomic E-state index is 11.3. The highest BCUT2D eigenvalue weighted by Crippen LogP contribution is 2.31. The van der Waals surface area contributed by atoms with Crippen molar-refractivity contribution in [2.45, 2.75) is 31.7 Å². The van der Waals surface area contributed by atoms with Gasteiger partial charge in [-0.2, -0.15) is 5.10 Å². The molecule has 0 unspecified atom stereocenters. The Morgan fingerprint density at radius 1 is 1.50 bits per heavy atom. The van der Waals surface area contributed by atoms with E-state index in [0.29, 0.717) is 0 Å². The summed E-state index contributed by atoms with van der Waals surface area (Å²) in [6.45, 7) is 0. The second-order valence-electron chi connectivity index (χ2n) is 4.10. The van der Waals surface area contributed by atoms with E-state index in [1.807, 2.05) is 0 Å². The quantitative estimate of drug-likeness (QED) is 0.742. The van der Waals surface area contributed by atoms with Crippen molar-refractivity contribution in [2.75, 3.05) is 7.11 Å². The van der Waals surface area contributed by atoms with Crippen LogP contribution in [0.2, 0.25) is 0 Å². The second-order valence-corrected chi connectivity index (χ2v) is 4.10. The minimum atomic E-state index is -0.179. The molecule has 0 amide bonds. The number of rotatable bonds is 2. The van der Waals surface area contributed by atoms with Crippen LogP contribution in [-0.2, 0) is 9.53 Å². The van der Waals surface area contributed by atoms with Crippen LogP contribution in [0.15, 0.2) is 11.1 Å². The Balaban J connectivity index is 1.98. The van der Waals surface area contributed by atoms with E-state index in [1.54, 1.807) is 4.57 Å². The van der Waals surface area contributed by atoms with Crippen molar-refractivity contribution in [3.05, 3.63) is 16.8 Å². The summed E-state index contributed by atoms with van der Waals surface area (Å²) in [6.07, 6.45) is 4.70. The summed E-state index contributed by atoms with van der Waals surface area (Å²) in [7, 11) is 1.41. The lowest BCUT2D eigenvalue weighted by Gasteiger charge is -2.26. The fourth-order valence-corrected chi connectivity index (χ4v) is 2.27. The number of nitrogens with zero attached hydrogens (tertiary/aromatic N) is 2. The van der Waals surface area contributed by atoms with Gasteiger partial charge in [-0.25, -0.2) is 9.89 Å². The van der Waals surface area contributed by atoms with Gasteiger partial charge in [-0.05, 0) is 25.7 Å². The van der Waals surface area contributed by atoms with E-state index in [1.165, 1.54) is 13.4 Å². The minimum Gasteiger partial charge on any atom is -0.469 e. The predicted molar refractivity (Wildman–Crippen MR) is 55.9 cm³/mol. The maximum Gasteiger partial charge on any atom is 0.343 e. The molecule has 2 rings (SSSR count). The van der Waals surface area contributed by atoms with E-state index in [2.05, 4.69) is 10.2 Å². The van der Waals surface area contributed by atoms with Gasteiger partial charge in [0.2, 0.25) is 0 Å². The highest BCUT2D eigenvalue weighted by Gasteiger charge is 2.28. The average molecular weight is 225 g/mol. The Hall–Kier alpha value is -1.59. The van der Waals surface area contributed by atoms with Crippen LogP contribution in [-0.4, -0.2) is 27.8 Å². The number of carbonyl (C=O) groups excluding carboxylic acids is 1. The first-order valence-corrected chi connectivity index (χ1v) is 5.41. The smallest absolute Gasteiger partial charge is 0.343 e. The predicted octanol–water partition coefficient (Wildman–Crippen LogP) is 0.476. The molecule has 0 aromatic carbocycles. The molecular formula is C10H15N3O3. The lowest BCUT2D eigenvalue weighted by Crippen LogP contribution is -2.28. The number of hydrogen-bond donors (Lipinski definition) is 1. The van der Waals surface area contributed by atoms with Crippen LogP contribution in [0.25, 0.3) is 0 Å². The summed E-state index contributed by atoms with van der Waals surface area (Å²) in [5.74, 6) is -0.151.